The second kappa shape index (κ2) is 6.94. The smallest absolute Gasteiger partial charge is 0.341 e. The second-order valence-corrected chi connectivity index (χ2v) is 4.29. The Morgan fingerprint density at radius 2 is 2.21 bits per heavy atom. The fourth-order valence-electron chi connectivity index (χ4n) is 1.51. The Balaban J connectivity index is 3.12. The Morgan fingerprint density at radius 3 is 2.74 bits per heavy atom. The first-order valence-corrected chi connectivity index (χ1v) is 6.21. The molecule has 0 radical (unpaired) electrons. The zero-order chi connectivity index (χ0) is 14.4. The molecular weight excluding hydrogens is 246 g/mol. The summed E-state index contributed by atoms with van der Waals surface area (Å²) in [7, 11) is 3.29. The molecule has 6 nitrogen and oxygen atoms in total. The minimum Gasteiger partial charge on any atom is -0.462 e. The van der Waals surface area contributed by atoms with Crippen LogP contribution in [-0.2, 0) is 9.57 Å². The van der Waals surface area contributed by atoms with Crippen molar-refractivity contribution in [2.24, 2.45) is 0 Å². The third-order valence-corrected chi connectivity index (χ3v) is 2.43. The van der Waals surface area contributed by atoms with Crippen LogP contribution >= 0.6 is 0 Å². The molecule has 1 aromatic heterocycles. The van der Waals surface area contributed by atoms with E-state index in [4.69, 9.17) is 9.57 Å². The summed E-state index contributed by atoms with van der Waals surface area (Å²) < 4.78 is 5.01. The van der Waals surface area contributed by atoms with Gasteiger partial charge in [-0.05, 0) is 20.8 Å². The van der Waals surface area contributed by atoms with Gasteiger partial charge in [0, 0.05) is 25.4 Å². The van der Waals surface area contributed by atoms with Gasteiger partial charge in [0.15, 0.2) is 5.82 Å². The summed E-state index contributed by atoms with van der Waals surface area (Å²) in [6, 6.07) is 1.95. The number of nitrogens with one attached hydrogen (secondary N) is 1. The van der Waals surface area contributed by atoms with Crippen LogP contribution in [-0.4, -0.2) is 37.8 Å². The van der Waals surface area contributed by atoms with Crippen LogP contribution in [0.4, 0.5) is 11.5 Å². The highest BCUT2D eigenvalue weighted by Gasteiger charge is 2.16. The molecule has 1 rings (SSSR count). The number of carbonyl (C=O) groups excluding carboxylic acids is 1. The molecule has 106 valence electrons. The molecule has 19 heavy (non-hydrogen) atoms. The lowest BCUT2D eigenvalue weighted by molar-refractivity contribution is 0.0527. The maximum absolute atomic E-state index is 11.9. The molecule has 0 bridgehead atoms. The molecule has 1 heterocycles. The van der Waals surface area contributed by atoms with Gasteiger partial charge < -0.3 is 10.1 Å². The van der Waals surface area contributed by atoms with Crippen molar-refractivity contribution in [2.75, 3.05) is 31.1 Å². The molecule has 0 spiro atoms. The first-order chi connectivity index (χ1) is 8.99. The molecule has 6 heteroatoms. The van der Waals surface area contributed by atoms with E-state index < -0.39 is 0 Å². The summed E-state index contributed by atoms with van der Waals surface area (Å²) in [6.45, 7) is 6.10. The van der Waals surface area contributed by atoms with Crippen molar-refractivity contribution in [3.8, 4) is 0 Å². The van der Waals surface area contributed by atoms with E-state index in [1.165, 1.54) is 11.3 Å². The highest BCUT2D eigenvalue weighted by molar-refractivity contribution is 5.95. The fourth-order valence-corrected chi connectivity index (χ4v) is 1.51. The number of rotatable bonds is 6. The van der Waals surface area contributed by atoms with Gasteiger partial charge in [0.25, 0.3) is 0 Å². The minimum absolute atomic E-state index is 0.191. The molecule has 0 aromatic carbocycles. The van der Waals surface area contributed by atoms with Crippen molar-refractivity contribution in [3.63, 3.8) is 0 Å². The van der Waals surface area contributed by atoms with Gasteiger partial charge >= 0.3 is 5.97 Å². The van der Waals surface area contributed by atoms with Crippen LogP contribution in [0.5, 0.6) is 0 Å². The van der Waals surface area contributed by atoms with E-state index in [2.05, 4.69) is 10.3 Å². The predicted octanol–water partition coefficient (Wildman–Crippen LogP) is 2.08. The maximum atomic E-state index is 11.9. The molecule has 1 N–H and O–H groups in total. The SMILES string of the molecule is CCOC(=O)c1cnc(N(C)OC)cc1NC(C)C. The summed E-state index contributed by atoms with van der Waals surface area (Å²) >= 11 is 0. The van der Waals surface area contributed by atoms with Crippen LogP contribution < -0.4 is 10.4 Å². The van der Waals surface area contributed by atoms with E-state index in [0.29, 0.717) is 23.7 Å². The summed E-state index contributed by atoms with van der Waals surface area (Å²) in [4.78, 5) is 21.1. The van der Waals surface area contributed by atoms with Crippen molar-refractivity contribution >= 4 is 17.5 Å². The number of hydroxylamine groups is 1. The Morgan fingerprint density at radius 1 is 1.53 bits per heavy atom. The zero-order valence-corrected chi connectivity index (χ0v) is 12.1. The fraction of sp³-hybridized carbons (Fsp3) is 0.538. The largest absolute Gasteiger partial charge is 0.462 e. The lowest BCUT2D eigenvalue weighted by atomic mass is 10.2. The monoisotopic (exact) mass is 267 g/mol. The molecular formula is C13H21N3O3. The van der Waals surface area contributed by atoms with E-state index in [0.717, 1.165) is 0 Å². The van der Waals surface area contributed by atoms with Gasteiger partial charge in [-0.1, -0.05) is 0 Å². The molecule has 0 aliphatic carbocycles. The number of aromatic nitrogens is 1. The van der Waals surface area contributed by atoms with Gasteiger partial charge in [-0.15, -0.1) is 0 Å². The normalized spacial score (nSPS) is 10.4. The van der Waals surface area contributed by atoms with Gasteiger partial charge in [0.1, 0.15) is 5.56 Å². The minimum atomic E-state index is -0.384. The Bertz CT molecular complexity index is 435. The van der Waals surface area contributed by atoms with Crippen LogP contribution in [0, 0.1) is 0 Å². The van der Waals surface area contributed by atoms with E-state index in [9.17, 15) is 4.79 Å². The number of ether oxygens (including phenoxy) is 1. The van der Waals surface area contributed by atoms with Gasteiger partial charge in [0.2, 0.25) is 0 Å². The topological polar surface area (TPSA) is 63.7 Å². The van der Waals surface area contributed by atoms with Crippen molar-refractivity contribution < 1.29 is 14.4 Å². The standard InChI is InChI=1S/C13H21N3O3/c1-6-19-13(17)10-8-14-12(16(4)18-5)7-11(10)15-9(2)3/h7-9H,6H2,1-5H3,(H,14,15). The second-order valence-electron chi connectivity index (χ2n) is 4.29. The number of esters is 1. The van der Waals surface area contributed by atoms with Crippen molar-refractivity contribution in [3.05, 3.63) is 17.8 Å². The number of nitrogens with zero attached hydrogens (tertiary/aromatic N) is 2. The molecule has 0 unspecified atom stereocenters. The molecule has 0 aliphatic heterocycles. The molecule has 0 aliphatic rings. The van der Waals surface area contributed by atoms with E-state index in [1.807, 2.05) is 13.8 Å². The lowest BCUT2D eigenvalue weighted by Crippen LogP contribution is -2.19. The summed E-state index contributed by atoms with van der Waals surface area (Å²) in [5.74, 6) is 0.225. The van der Waals surface area contributed by atoms with E-state index in [-0.39, 0.29) is 12.0 Å². The van der Waals surface area contributed by atoms with Crippen molar-refractivity contribution in [1.29, 1.82) is 0 Å². The van der Waals surface area contributed by atoms with Crippen LogP contribution in [0.25, 0.3) is 0 Å². The van der Waals surface area contributed by atoms with Gasteiger partial charge in [-0.2, -0.15) is 0 Å². The molecule has 1 aromatic rings. The number of carbonyl (C=O) groups is 1. The Hall–Kier alpha value is -1.82. The van der Waals surface area contributed by atoms with Gasteiger partial charge in [0.05, 0.1) is 19.4 Å². The molecule has 0 saturated carbocycles. The number of pyridine rings is 1. The van der Waals surface area contributed by atoms with Gasteiger partial charge in [-0.3, -0.25) is 4.84 Å². The van der Waals surface area contributed by atoms with Crippen LogP contribution in [0.3, 0.4) is 0 Å². The zero-order valence-electron chi connectivity index (χ0n) is 12.1. The van der Waals surface area contributed by atoms with E-state index in [1.54, 1.807) is 27.1 Å². The number of hydrogen-bond acceptors (Lipinski definition) is 6. The third-order valence-electron chi connectivity index (χ3n) is 2.43. The number of anilines is 2. The Kier molecular flexibility index (Phi) is 5.57. The first-order valence-electron chi connectivity index (χ1n) is 6.21. The summed E-state index contributed by atoms with van der Waals surface area (Å²) in [6.07, 6.45) is 1.49. The van der Waals surface area contributed by atoms with Gasteiger partial charge in [-0.25, -0.2) is 14.8 Å². The summed E-state index contributed by atoms with van der Waals surface area (Å²) in [5, 5.41) is 4.72. The highest BCUT2D eigenvalue weighted by atomic mass is 16.7. The van der Waals surface area contributed by atoms with Crippen LogP contribution in [0.2, 0.25) is 0 Å². The molecule has 0 amide bonds. The van der Waals surface area contributed by atoms with Crippen molar-refractivity contribution in [2.45, 2.75) is 26.8 Å². The lowest BCUT2D eigenvalue weighted by Gasteiger charge is -2.19. The maximum Gasteiger partial charge on any atom is 0.341 e. The predicted molar refractivity (Wildman–Crippen MR) is 74.4 cm³/mol. The number of hydrogen-bond donors (Lipinski definition) is 1. The van der Waals surface area contributed by atoms with Crippen LogP contribution in [0.1, 0.15) is 31.1 Å². The van der Waals surface area contributed by atoms with E-state index >= 15 is 0 Å². The summed E-state index contributed by atoms with van der Waals surface area (Å²) in [5.41, 5.74) is 1.10. The first kappa shape index (κ1) is 15.2. The average molecular weight is 267 g/mol. The third kappa shape index (κ3) is 4.10. The van der Waals surface area contributed by atoms with Crippen molar-refractivity contribution in [1.82, 2.24) is 4.98 Å². The quantitative estimate of drug-likeness (QED) is 0.629. The molecule has 0 atom stereocenters. The van der Waals surface area contributed by atoms with Crippen LogP contribution in [0.15, 0.2) is 12.3 Å². The molecule has 0 saturated heterocycles. The average Bonchev–Trinajstić information content (AvgIpc) is 2.37. The highest BCUT2D eigenvalue weighted by Crippen LogP contribution is 2.22. The molecule has 0 fully saturated rings. The Labute approximate surface area is 113 Å².